The summed E-state index contributed by atoms with van der Waals surface area (Å²) in [5.41, 5.74) is 0. The molecule has 3 nitrogen and oxygen atoms in total. The highest BCUT2D eigenvalue weighted by Crippen LogP contribution is 2.19. The van der Waals surface area contributed by atoms with Gasteiger partial charge in [0, 0.05) is 25.5 Å². The summed E-state index contributed by atoms with van der Waals surface area (Å²) in [5.74, 6) is 1.60. The van der Waals surface area contributed by atoms with Crippen molar-refractivity contribution >= 4 is 27.6 Å². The van der Waals surface area contributed by atoms with Gasteiger partial charge in [-0.3, -0.25) is 4.79 Å². The van der Waals surface area contributed by atoms with Crippen molar-refractivity contribution in [2.75, 3.05) is 31.8 Å². The van der Waals surface area contributed by atoms with Gasteiger partial charge in [0.15, 0.2) is 0 Å². The number of methoxy groups -OCH3 is 1. The van der Waals surface area contributed by atoms with Crippen molar-refractivity contribution < 1.29 is 14.3 Å². The van der Waals surface area contributed by atoms with Crippen molar-refractivity contribution in [3.63, 3.8) is 0 Å². The lowest BCUT2D eigenvalue weighted by molar-refractivity contribution is -0.140. The zero-order valence-electron chi connectivity index (χ0n) is 7.37. The molecule has 0 bridgehead atoms. The predicted molar refractivity (Wildman–Crippen MR) is 53.4 cm³/mol. The molecule has 0 aliphatic rings. The normalized spacial score (nSPS) is 9.83. The van der Waals surface area contributed by atoms with Gasteiger partial charge in [-0.25, -0.2) is 0 Å². The van der Waals surface area contributed by atoms with E-state index in [0.717, 1.165) is 18.1 Å². The van der Waals surface area contributed by atoms with Crippen molar-refractivity contribution in [3.05, 3.63) is 0 Å². The Labute approximate surface area is 81.0 Å². The quantitative estimate of drug-likeness (QED) is 0.362. The Morgan fingerprint density at radius 2 is 1.83 bits per heavy atom. The van der Waals surface area contributed by atoms with Crippen LogP contribution in [0, 0.1) is 0 Å². The molecule has 0 aliphatic heterocycles. The minimum absolute atomic E-state index is 0.211. The largest absolute Gasteiger partial charge is 0.465 e. The van der Waals surface area contributed by atoms with Gasteiger partial charge in [-0.05, 0) is 0 Å². The molecule has 0 aromatic rings. The molecule has 5 heteroatoms. The highest BCUT2D eigenvalue weighted by molar-refractivity contribution is 8.76. The van der Waals surface area contributed by atoms with Crippen LogP contribution in [0.4, 0.5) is 0 Å². The van der Waals surface area contributed by atoms with Crippen molar-refractivity contribution in [1.29, 1.82) is 0 Å². The molecule has 12 heavy (non-hydrogen) atoms. The summed E-state index contributed by atoms with van der Waals surface area (Å²) in [5, 5.41) is 0. The van der Waals surface area contributed by atoms with Crippen LogP contribution in [0.3, 0.4) is 0 Å². The molecular weight excluding hydrogens is 196 g/mol. The summed E-state index contributed by atoms with van der Waals surface area (Å²) >= 11 is 0. The fourth-order valence-electron chi connectivity index (χ4n) is 0.455. The molecule has 0 aromatic carbocycles. The lowest BCUT2D eigenvalue weighted by Gasteiger charge is -2.00. The average Bonchev–Trinajstić information content (AvgIpc) is 2.02. The molecule has 0 rings (SSSR count). The molecule has 72 valence electrons. The van der Waals surface area contributed by atoms with Crippen LogP contribution >= 0.6 is 21.6 Å². The van der Waals surface area contributed by atoms with Crippen molar-refractivity contribution in [2.24, 2.45) is 0 Å². The van der Waals surface area contributed by atoms with Gasteiger partial charge in [-0.15, -0.1) is 0 Å². The van der Waals surface area contributed by atoms with Crippen molar-refractivity contribution in [1.82, 2.24) is 0 Å². The molecule has 0 radical (unpaired) electrons. The predicted octanol–water partition coefficient (Wildman–Crippen LogP) is 1.58. The minimum Gasteiger partial charge on any atom is -0.465 e. The first kappa shape index (κ1) is 12.1. The molecule has 0 spiro atoms. The number of ether oxygens (including phenoxy) is 2. The molecule has 0 heterocycles. The zero-order chi connectivity index (χ0) is 9.23. The third-order valence-electron chi connectivity index (χ3n) is 0.926. The lowest BCUT2D eigenvalue weighted by atomic mass is 10.8. The van der Waals surface area contributed by atoms with Crippen LogP contribution in [0.1, 0.15) is 6.92 Å². The summed E-state index contributed by atoms with van der Waals surface area (Å²) in [7, 11) is 5.11. The van der Waals surface area contributed by atoms with E-state index in [9.17, 15) is 4.79 Å². The van der Waals surface area contributed by atoms with E-state index >= 15 is 0 Å². The van der Waals surface area contributed by atoms with Gasteiger partial charge in [0.25, 0.3) is 0 Å². The summed E-state index contributed by atoms with van der Waals surface area (Å²) in [6.07, 6.45) is 0. The molecular formula is C7H14O3S2. The van der Waals surface area contributed by atoms with Crippen molar-refractivity contribution in [3.8, 4) is 0 Å². The molecule has 0 unspecified atom stereocenters. The van der Waals surface area contributed by atoms with E-state index in [2.05, 4.69) is 0 Å². The summed E-state index contributed by atoms with van der Waals surface area (Å²) in [6, 6.07) is 0. The monoisotopic (exact) mass is 210 g/mol. The second-order valence-corrected chi connectivity index (χ2v) is 4.68. The molecule has 0 atom stereocenters. The molecule has 0 saturated heterocycles. The number of carbonyl (C=O) groups excluding carboxylic acids is 1. The van der Waals surface area contributed by atoms with E-state index in [0.29, 0.717) is 6.61 Å². The summed E-state index contributed by atoms with van der Waals surface area (Å²) < 4.78 is 9.61. The van der Waals surface area contributed by atoms with Gasteiger partial charge >= 0.3 is 5.97 Å². The highest BCUT2D eigenvalue weighted by Gasteiger charge is 1.93. The Morgan fingerprint density at radius 1 is 1.25 bits per heavy atom. The maximum absolute atomic E-state index is 10.3. The van der Waals surface area contributed by atoms with Gasteiger partial charge in [0.1, 0.15) is 6.61 Å². The third kappa shape index (κ3) is 10.1. The fourth-order valence-corrected chi connectivity index (χ4v) is 2.19. The van der Waals surface area contributed by atoms with E-state index in [4.69, 9.17) is 9.47 Å². The van der Waals surface area contributed by atoms with E-state index in [1.165, 1.54) is 6.92 Å². The number of hydrogen-bond donors (Lipinski definition) is 0. The first-order valence-corrected chi connectivity index (χ1v) is 6.13. The maximum atomic E-state index is 10.3. The standard InChI is InChI=1S/C7H14O3S2/c1-7(8)10-4-6-12-11-5-3-9-2/h3-6H2,1-2H3. The number of rotatable bonds is 7. The Hall–Kier alpha value is 0.130. The smallest absolute Gasteiger partial charge is 0.302 e. The van der Waals surface area contributed by atoms with Crippen LogP contribution in [0.15, 0.2) is 0 Å². The van der Waals surface area contributed by atoms with Crippen LogP contribution in [-0.2, 0) is 14.3 Å². The van der Waals surface area contributed by atoms with Crippen LogP contribution in [0.5, 0.6) is 0 Å². The van der Waals surface area contributed by atoms with Crippen LogP contribution in [0.25, 0.3) is 0 Å². The fraction of sp³-hybridized carbons (Fsp3) is 0.857. The van der Waals surface area contributed by atoms with E-state index in [1.54, 1.807) is 28.7 Å². The van der Waals surface area contributed by atoms with Crippen LogP contribution < -0.4 is 0 Å². The topological polar surface area (TPSA) is 35.5 Å². The molecule has 0 amide bonds. The Kier molecular flexibility index (Phi) is 9.32. The Morgan fingerprint density at radius 3 is 2.33 bits per heavy atom. The van der Waals surface area contributed by atoms with E-state index < -0.39 is 0 Å². The third-order valence-corrected chi connectivity index (χ3v) is 3.26. The Balaban J connectivity index is 2.86. The molecule has 0 aromatic heterocycles. The van der Waals surface area contributed by atoms with Gasteiger partial charge in [-0.2, -0.15) is 0 Å². The molecule has 0 saturated carbocycles. The maximum Gasteiger partial charge on any atom is 0.302 e. The molecule has 0 fully saturated rings. The first-order valence-electron chi connectivity index (χ1n) is 3.64. The molecule has 0 N–H and O–H groups in total. The van der Waals surface area contributed by atoms with Gasteiger partial charge in [-0.1, -0.05) is 21.6 Å². The SMILES string of the molecule is COCCSSCCOC(C)=O. The second-order valence-electron chi connectivity index (χ2n) is 1.98. The second kappa shape index (κ2) is 9.22. The van der Waals surface area contributed by atoms with Crippen LogP contribution in [-0.4, -0.2) is 37.8 Å². The van der Waals surface area contributed by atoms with Crippen molar-refractivity contribution in [2.45, 2.75) is 6.92 Å². The first-order chi connectivity index (χ1) is 5.77. The van der Waals surface area contributed by atoms with Crippen LogP contribution in [0.2, 0.25) is 0 Å². The number of carbonyl (C=O) groups is 1. The van der Waals surface area contributed by atoms with E-state index in [1.807, 2.05) is 0 Å². The lowest BCUT2D eigenvalue weighted by Crippen LogP contribution is -2.01. The highest BCUT2D eigenvalue weighted by atomic mass is 33.1. The summed E-state index contributed by atoms with van der Waals surface area (Å²) in [6.45, 7) is 2.69. The summed E-state index contributed by atoms with van der Waals surface area (Å²) in [4.78, 5) is 10.3. The van der Waals surface area contributed by atoms with E-state index in [-0.39, 0.29) is 5.97 Å². The zero-order valence-corrected chi connectivity index (χ0v) is 9.00. The van der Waals surface area contributed by atoms with Gasteiger partial charge in [0.05, 0.1) is 6.61 Å². The average molecular weight is 210 g/mol. The van der Waals surface area contributed by atoms with Gasteiger partial charge in [0.2, 0.25) is 0 Å². The number of hydrogen-bond acceptors (Lipinski definition) is 5. The number of esters is 1. The molecule has 0 aliphatic carbocycles. The Bertz CT molecular complexity index is 119. The minimum atomic E-state index is -0.211. The van der Waals surface area contributed by atoms with Gasteiger partial charge < -0.3 is 9.47 Å².